The van der Waals surface area contributed by atoms with Crippen LogP contribution >= 0.6 is 43.2 Å². The second kappa shape index (κ2) is 5.34. The molecule has 0 bridgehead atoms. The van der Waals surface area contributed by atoms with Crippen molar-refractivity contribution in [1.82, 2.24) is 0 Å². The summed E-state index contributed by atoms with van der Waals surface area (Å²) in [5, 5.41) is 9.07. The summed E-state index contributed by atoms with van der Waals surface area (Å²) in [5.74, 6) is -1.41. The monoisotopic (exact) mass is 388 g/mol. The molecule has 0 aliphatic carbocycles. The predicted molar refractivity (Wildman–Crippen MR) is 76.6 cm³/mol. The Balaban J connectivity index is 2.53. The van der Waals surface area contributed by atoms with Gasteiger partial charge in [-0.1, -0.05) is 18.2 Å². The van der Waals surface area contributed by atoms with Gasteiger partial charge in [-0.05, 0) is 44.0 Å². The maximum absolute atomic E-state index is 12.3. The number of aromatic carboxylic acids is 1. The quantitative estimate of drug-likeness (QED) is 0.800. The molecular formula is C12H6Br2O3S. The van der Waals surface area contributed by atoms with Crippen LogP contribution in [-0.2, 0) is 0 Å². The number of carbonyl (C=O) groups is 2. The molecule has 0 aliphatic rings. The predicted octanol–water partition coefficient (Wildman–Crippen LogP) is 4.20. The van der Waals surface area contributed by atoms with E-state index in [0.717, 1.165) is 3.79 Å². The summed E-state index contributed by atoms with van der Waals surface area (Å²) in [6, 6.07) is 7.86. The number of benzene rings is 1. The highest BCUT2D eigenvalue weighted by molar-refractivity contribution is 9.12. The van der Waals surface area contributed by atoms with Crippen LogP contribution in [0.1, 0.15) is 26.3 Å². The van der Waals surface area contributed by atoms with Gasteiger partial charge in [-0.15, -0.1) is 11.3 Å². The van der Waals surface area contributed by atoms with Gasteiger partial charge in [0.05, 0.1) is 13.1 Å². The van der Waals surface area contributed by atoms with Crippen molar-refractivity contribution in [3.63, 3.8) is 0 Å². The Morgan fingerprint density at radius 3 is 2.17 bits per heavy atom. The first-order valence-electron chi connectivity index (χ1n) is 4.82. The van der Waals surface area contributed by atoms with Gasteiger partial charge < -0.3 is 5.11 Å². The van der Waals surface area contributed by atoms with Gasteiger partial charge in [-0.2, -0.15) is 0 Å². The molecule has 2 rings (SSSR count). The molecule has 1 aromatic heterocycles. The Bertz CT molecular complexity index is 634. The molecule has 0 fully saturated rings. The van der Waals surface area contributed by atoms with E-state index < -0.39 is 5.97 Å². The molecule has 92 valence electrons. The van der Waals surface area contributed by atoms with E-state index in [-0.39, 0.29) is 16.9 Å². The number of rotatable bonds is 3. The molecule has 0 saturated carbocycles. The van der Waals surface area contributed by atoms with E-state index in [1.807, 2.05) is 0 Å². The minimum Gasteiger partial charge on any atom is -0.478 e. The Hall–Kier alpha value is -0.980. The van der Waals surface area contributed by atoms with Crippen LogP contribution < -0.4 is 0 Å². The number of hydrogen-bond donors (Lipinski definition) is 1. The molecule has 1 heterocycles. The van der Waals surface area contributed by atoms with Crippen LogP contribution in [0.25, 0.3) is 0 Å². The van der Waals surface area contributed by atoms with Crippen molar-refractivity contribution in [3.05, 3.63) is 54.6 Å². The second-order valence-corrected chi connectivity index (χ2v) is 7.17. The van der Waals surface area contributed by atoms with Crippen LogP contribution in [0, 0.1) is 0 Å². The zero-order valence-corrected chi connectivity index (χ0v) is 12.8. The molecule has 0 spiro atoms. The molecule has 1 N–H and O–H groups in total. The number of halogens is 2. The van der Waals surface area contributed by atoms with E-state index in [4.69, 9.17) is 5.11 Å². The third kappa shape index (κ3) is 2.55. The third-order valence-electron chi connectivity index (χ3n) is 2.30. The normalized spacial score (nSPS) is 10.3. The second-order valence-electron chi connectivity index (χ2n) is 3.42. The van der Waals surface area contributed by atoms with Crippen molar-refractivity contribution in [2.45, 2.75) is 0 Å². The number of hydrogen-bond acceptors (Lipinski definition) is 3. The van der Waals surface area contributed by atoms with Crippen LogP contribution in [0.5, 0.6) is 0 Å². The summed E-state index contributed by atoms with van der Waals surface area (Å²) in [6.07, 6.45) is 0. The average Bonchev–Trinajstić information content (AvgIpc) is 2.67. The van der Waals surface area contributed by atoms with Gasteiger partial charge in [0.15, 0.2) is 5.78 Å². The molecule has 3 nitrogen and oxygen atoms in total. The van der Waals surface area contributed by atoms with Gasteiger partial charge >= 0.3 is 5.97 Å². The molecule has 0 amide bonds. The van der Waals surface area contributed by atoms with Crippen LogP contribution in [0.3, 0.4) is 0 Å². The summed E-state index contributed by atoms with van der Waals surface area (Å²) in [5.41, 5.74) is 0.660. The molecular weight excluding hydrogens is 384 g/mol. The highest BCUT2D eigenvalue weighted by Gasteiger charge is 2.20. The zero-order chi connectivity index (χ0) is 13.3. The first-order chi connectivity index (χ1) is 8.50. The molecule has 2 aromatic rings. The standard InChI is InChI=1S/C12H6Br2O3S/c13-9-5-8(11(14)18-9)10(15)6-3-1-2-4-7(6)12(16)17/h1-5H,(H,16,17). The number of thiophene rings is 1. The van der Waals surface area contributed by atoms with Gasteiger partial charge in [0.1, 0.15) is 0 Å². The van der Waals surface area contributed by atoms with E-state index in [0.29, 0.717) is 9.35 Å². The Kier molecular flexibility index (Phi) is 3.99. The van der Waals surface area contributed by atoms with E-state index >= 15 is 0 Å². The molecule has 6 heteroatoms. The van der Waals surface area contributed by atoms with Crippen molar-refractivity contribution in [3.8, 4) is 0 Å². The SMILES string of the molecule is O=C(O)c1ccccc1C(=O)c1cc(Br)sc1Br. The summed E-state index contributed by atoms with van der Waals surface area (Å²) >= 11 is 7.96. The Labute approximate surface area is 124 Å². The number of carboxylic acids is 1. The van der Waals surface area contributed by atoms with Gasteiger partial charge in [0.25, 0.3) is 0 Å². The lowest BCUT2D eigenvalue weighted by Gasteiger charge is -2.03. The van der Waals surface area contributed by atoms with Crippen LogP contribution in [-0.4, -0.2) is 16.9 Å². The van der Waals surface area contributed by atoms with Crippen LogP contribution in [0.15, 0.2) is 37.9 Å². The highest BCUT2D eigenvalue weighted by Crippen LogP contribution is 2.33. The summed E-state index contributed by atoms with van der Waals surface area (Å²) in [4.78, 5) is 23.4. The number of carbonyl (C=O) groups excluding carboxylic acids is 1. The molecule has 0 atom stereocenters. The first-order valence-corrected chi connectivity index (χ1v) is 7.23. The van der Waals surface area contributed by atoms with E-state index in [1.54, 1.807) is 18.2 Å². The fourth-order valence-corrected chi connectivity index (χ4v) is 4.30. The Morgan fingerprint density at radius 2 is 1.67 bits per heavy atom. The smallest absolute Gasteiger partial charge is 0.336 e. The zero-order valence-electron chi connectivity index (χ0n) is 8.81. The maximum atomic E-state index is 12.3. The van der Waals surface area contributed by atoms with Gasteiger partial charge in [0.2, 0.25) is 0 Å². The van der Waals surface area contributed by atoms with E-state index in [1.165, 1.54) is 23.5 Å². The lowest BCUT2D eigenvalue weighted by atomic mass is 10.0. The number of carboxylic acid groups (broad SMARTS) is 1. The average molecular weight is 390 g/mol. The van der Waals surface area contributed by atoms with Crippen molar-refractivity contribution < 1.29 is 14.7 Å². The molecule has 0 radical (unpaired) electrons. The third-order valence-corrected chi connectivity index (χ3v) is 4.64. The summed E-state index contributed by atoms with van der Waals surface area (Å²) in [7, 11) is 0. The van der Waals surface area contributed by atoms with Crippen molar-refractivity contribution in [2.24, 2.45) is 0 Å². The molecule has 1 aromatic carbocycles. The van der Waals surface area contributed by atoms with Gasteiger partial charge in [-0.3, -0.25) is 4.79 Å². The largest absolute Gasteiger partial charge is 0.478 e. The van der Waals surface area contributed by atoms with Crippen molar-refractivity contribution in [2.75, 3.05) is 0 Å². The minimum absolute atomic E-state index is 0.0109. The van der Waals surface area contributed by atoms with Crippen molar-refractivity contribution in [1.29, 1.82) is 0 Å². The van der Waals surface area contributed by atoms with Crippen molar-refractivity contribution >= 4 is 54.9 Å². The fourth-order valence-electron chi connectivity index (χ4n) is 1.51. The maximum Gasteiger partial charge on any atom is 0.336 e. The molecule has 0 saturated heterocycles. The summed E-state index contributed by atoms with van der Waals surface area (Å²) < 4.78 is 1.49. The van der Waals surface area contributed by atoms with E-state index in [9.17, 15) is 9.59 Å². The highest BCUT2D eigenvalue weighted by atomic mass is 79.9. The van der Waals surface area contributed by atoms with Crippen LogP contribution in [0.4, 0.5) is 0 Å². The Morgan fingerprint density at radius 1 is 1.06 bits per heavy atom. The summed E-state index contributed by atoms with van der Waals surface area (Å²) in [6.45, 7) is 0. The fraction of sp³-hybridized carbons (Fsp3) is 0. The molecule has 0 aliphatic heterocycles. The minimum atomic E-state index is -1.11. The van der Waals surface area contributed by atoms with E-state index in [2.05, 4.69) is 31.9 Å². The molecule has 18 heavy (non-hydrogen) atoms. The topological polar surface area (TPSA) is 54.4 Å². The lowest BCUT2D eigenvalue weighted by Crippen LogP contribution is -2.09. The van der Waals surface area contributed by atoms with Gasteiger partial charge in [0, 0.05) is 11.1 Å². The molecule has 0 unspecified atom stereocenters. The van der Waals surface area contributed by atoms with Gasteiger partial charge in [-0.25, -0.2) is 4.79 Å². The first kappa shape index (κ1) is 13.5. The number of ketones is 1. The lowest BCUT2D eigenvalue weighted by molar-refractivity contribution is 0.0693. The van der Waals surface area contributed by atoms with Crippen LogP contribution in [0.2, 0.25) is 0 Å².